The van der Waals surface area contributed by atoms with Gasteiger partial charge in [0.25, 0.3) is 0 Å². The molecular weight excluding hydrogens is 186 g/mol. The van der Waals surface area contributed by atoms with E-state index in [1.807, 2.05) is 0 Å². The van der Waals surface area contributed by atoms with Crippen molar-refractivity contribution in [3.63, 3.8) is 0 Å². The normalized spacial score (nSPS) is 18.0. The average Bonchev–Trinajstić information content (AvgIpc) is 2.29. The van der Waals surface area contributed by atoms with Gasteiger partial charge < -0.3 is 5.32 Å². The Morgan fingerprint density at radius 1 is 1.33 bits per heavy atom. The molecule has 2 heterocycles. The van der Waals surface area contributed by atoms with Crippen molar-refractivity contribution < 1.29 is 0 Å². The minimum atomic E-state index is 0.566. The van der Waals surface area contributed by atoms with Gasteiger partial charge in [-0.2, -0.15) is 0 Å². The maximum atomic E-state index is 4.64. The van der Waals surface area contributed by atoms with Crippen LogP contribution in [0.1, 0.15) is 42.9 Å². The summed E-state index contributed by atoms with van der Waals surface area (Å²) < 4.78 is 0. The van der Waals surface area contributed by atoms with Crippen LogP contribution in [0.25, 0.3) is 0 Å². The van der Waals surface area contributed by atoms with Crippen molar-refractivity contribution >= 4 is 0 Å². The maximum absolute atomic E-state index is 4.64. The molecule has 2 rings (SSSR count). The molecule has 1 fully saturated rings. The van der Waals surface area contributed by atoms with Crippen LogP contribution in [-0.4, -0.2) is 23.1 Å². The van der Waals surface area contributed by atoms with E-state index in [0.29, 0.717) is 5.92 Å². The average molecular weight is 205 g/mol. The van der Waals surface area contributed by atoms with E-state index in [0.717, 1.165) is 31.0 Å². The summed E-state index contributed by atoms with van der Waals surface area (Å²) in [6.45, 7) is 6.41. The van der Waals surface area contributed by atoms with Gasteiger partial charge in [0, 0.05) is 17.3 Å². The van der Waals surface area contributed by atoms with Crippen molar-refractivity contribution in [3.8, 4) is 0 Å². The smallest absolute Gasteiger partial charge is 0.132 e. The van der Waals surface area contributed by atoms with Crippen LogP contribution in [0, 0.1) is 6.92 Å². The summed E-state index contributed by atoms with van der Waals surface area (Å²) in [5.41, 5.74) is 2.28. The standard InChI is InChI=1S/C12H19N3/c1-3-11-8-9(2)14-12(15-11)10-4-6-13-7-5-10/h8,10,13H,3-7H2,1-2H3. The van der Waals surface area contributed by atoms with Crippen molar-refractivity contribution in [1.29, 1.82) is 0 Å². The summed E-state index contributed by atoms with van der Waals surface area (Å²) in [7, 11) is 0. The molecule has 82 valence electrons. The second kappa shape index (κ2) is 4.71. The van der Waals surface area contributed by atoms with Gasteiger partial charge in [-0.3, -0.25) is 0 Å². The number of hydrogen-bond donors (Lipinski definition) is 1. The van der Waals surface area contributed by atoms with E-state index in [4.69, 9.17) is 0 Å². The third-order valence-electron chi connectivity index (χ3n) is 2.99. The molecule has 3 nitrogen and oxygen atoms in total. The van der Waals surface area contributed by atoms with E-state index in [1.54, 1.807) is 0 Å². The maximum Gasteiger partial charge on any atom is 0.132 e. The molecule has 15 heavy (non-hydrogen) atoms. The number of nitrogens with one attached hydrogen (secondary N) is 1. The number of aromatic nitrogens is 2. The van der Waals surface area contributed by atoms with Crippen LogP contribution < -0.4 is 5.32 Å². The molecule has 1 N–H and O–H groups in total. The lowest BCUT2D eigenvalue weighted by atomic mass is 9.97. The molecule has 0 bridgehead atoms. The Kier molecular flexibility index (Phi) is 3.31. The topological polar surface area (TPSA) is 37.8 Å². The lowest BCUT2D eigenvalue weighted by molar-refractivity contribution is 0.443. The first-order valence-corrected chi connectivity index (χ1v) is 5.84. The van der Waals surface area contributed by atoms with Crippen molar-refractivity contribution in [2.75, 3.05) is 13.1 Å². The fraction of sp³-hybridized carbons (Fsp3) is 0.667. The summed E-state index contributed by atoms with van der Waals surface area (Å²) in [5.74, 6) is 1.63. The van der Waals surface area contributed by atoms with E-state index in [-0.39, 0.29) is 0 Å². The molecule has 3 heteroatoms. The second-order valence-electron chi connectivity index (χ2n) is 4.24. The molecule has 0 radical (unpaired) electrons. The SMILES string of the molecule is CCc1cc(C)nc(C2CCNCC2)n1. The van der Waals surface area contributed by atoms with Gasteiger partial charge in [0.05, 0.1) is 0 Å². The zero-order valence-corrected chi connectivity index (χ0v) is 9.58. The number of aryl methyl sites for hydroxylation is 2. The molecule has 0 saturated carbocycles. The molecule has 1 saturated heterocycles. The number of nitrogens with zero attached hydrogens (tertiary/aromatic N) is 2. The van der Waals surface area contributed by atoms with Crippen molar-refractivity contribution in [1.82, 2.24) is 15.3 Å². The van der Waals surface area contributed by atoms with Crippen LogP contribution >= 0.6 is 0 Å². The Balaban J connectivity index is 2.22. The number of piperidine rings is 1. The molecule has 0 atom stereocenters. The van der Waals surface area contributed by atoms with Gasteiger partial charge in [0.2, 0.25) is 0 Å². The molecule has 1 aliphatic rings. The lowest BCUT2D eigenvalue weighted by Crippen LogP contribution is -2.27. The van der Waals surface area contributed by atoms with E-state index < -0.39 is 0 Å². The van der Waals surface area contributed by atoms with Gasteiger partial charge in [-0.15, -0.1) is 0 Å². The van der Waals surface area contributed by atoms with Crippen LogP contribution in [-0.2, 0) is 6.42 Å². The minimum absolute atomic E-state index is 0.566. The Hall–Kier alpha value is -0.960. The third kappa shape index (κ3) is 2.53. The predicted octanol–water partition coefficient (Wildman–Crippen LogP) is 1.81. The molecule has 1 aliphatic heterocycles. The first-order chi connectivity index (χ1) is 7.29. The van der Waals surface area contributed by atoms with E-state index in [1.165, 1.54) is 18.5 Å². The van der Waals surface area contributed by atoms with Crippen molar-refractivity contribution in [3.05, 3.63) is 23.3 Å². The quantitative estimate of drug-likeness (QED) is 0.800. The molecular formula is C12H19N3. The van der Waals surface area contributed by atoms with Crippen LogP contribution in [0.2, 0.25) is 0 Å². The second-order valence-corrected chi connectivity index (χ2v) is 4.24. The highest BCUT2D eigenvalue weighted by molar-refractivity contribution is 5.12. The highest BCUT2D eigenvalue weighted by atomic mass is 14.9. The summed E-state index contributed by atoms with van der Waals surface area (Å²) in [6, 6.07) is 2.09. The van der Waals surface area contributed by atoms with Gasteiger partial charge in [-0.05, 0) is 45.3 Å². The Morgan fingerprint density at radius 2 is 2.07 bits per heavy atom. The van der Waals surface area contributed by atoms with Gasteiger partial charge in [0.1, 0.15) is 5.82 Å². The highest BCUT2D eigenvalue weighted by Crippen LogP contribution is 2.22. The van der Waals surface area contributed by atoms with Crippen LogP contribution in [0.15, 0.2) is 6.07 Å². The van der Waals surface area contributed by atoms with Gasteiger partial charge >= 0.3 is 0 Å². The zero-order valence-electron chi connectivity index (χ0n) is 9.58. The van der Waals surface area contributed by atoms with Crippen LogP contribution in [0.5, 0.6) is 0 Å². The molecule has 1 aromatic heterocycles. The minimum Gasteiger partial charge on any atom is -0.317 e. The fourth-order valence-electron chi connectivity index (χ4n) is 2.10. The molecule has 0 spiro atoms. The fourth-order valence-corrected chi connectivity index (χ4v) is 2.10. The van der Waals surface area contributed by atoms with Crippen molar-refractivity contribution in [2.45, 2.75) is 39.0 Å². The van der Waals surface area contributed by atoms with Crippen LogP contribution in [0.3, 0.4) is 0 Å². The number of rotatable bonds is 2. The Labute approximate surface area is 91.3 Å². The van der Waals surface area contributed by atoms with E-state index in [2.05, 4.69) is 35.2 Å². The Morgan fingerprint density at radius 3 is 2.73 bits per heavy atom. The first-order valence-electron chi connectivity index (χ1n) is 5.84. The summed E-state index contributed by atoms with van der Waals surface area (Å²) >= 11 is 0. The zero-order chi connectivity index (χ0) is 10.7. The predicted molar refractivity (Wildman–Crippen MR) is 61.0 cm³/mol. The summed E-state index contributed by atoms with van der Waals surface area (Å²) in [6.07, 6.45) is 3.35. The monoisotopic (exact) mass is 205 g/mol. The molecule has 0 aromatic carbocycles. The van der Waals surface area contributed by atoms with Gasteiger partial charge in [-0.1, -0.05) is 6.92 Å². The van der Waals surface area contributed by atoms with Gasteiger partial charge in [0.15, 0.2) is 0 Å². The van der Waals surface area contributed by atoms with Crippen molar-refractivity contribution in [2.24, 2.45) is 0 Å². The van der Waals surface area contributed by atoms with E-state index in [9.17, 15) is 0 Å². The molecule has 0 unspecified atom stereocenters. The largest absolute Gasteiger partial charge is 0.317 e. The highest BCUT2D eigenvalue weighted by Gasteiger charge is 2.18. The number of hydrogen-bond acceptors (Lipinski definition) is 3. The first kappa shape index (κ1) is 10.6. The van der Waals surface area contributed by atoms with Crippen LogP contribution in [0.4, 0.5) is 0 Å². The molecule has 0 amide bonds. The summed E-state index contributed by atoms with van der Waals surface area (Å²) in [5, 5.41) is 3.37. The lowest BCUT2D eigenvalue weighted by Gasteiger charge is -2.21. The summed E-state index contributed by atoms with van der Waals surface area (Å²) in [4.78, 5) is 9.20. The third-order valence-corrected chi connectivity index (χ3v) is 2.99. The molecule has 1 aromatic rings. The Bertz CT molecular complexity index is 330. The van der Waals surface area contributed by atoms with Gasteiger partial charge in [-0.25, -0.2) is 9.97 Å². The molecule has 0 aliphatic carbocycles. The van der Waals surface area contributed by atoms with E-state index >= 15 is 0 Å².